The van der Waals surface area contributed by atoms with Crippen LogP contribution in [0.5, 0.6) is 0 Å². The molecule has 1 unspecified atom stereocenters. The number of rotatable bonds is 40. The molecule has 0 bridgehead atoms. The minimum Gasteiger partial charge on any atom is -1.00 e. The highest BCUT2D eigenvalue weighted by atomic mass is 79.9. The number of allylic oxidation sites excluding steroid dienone is 4. The maximum Gasteiger partial charge on any atom is 0.306 e. The second kappa shape index (κ2) is 42.0. The summed E-state index contributed by atoms with van der Waals surface area (Å²) in [6, 6.07) is 0. The molecular weight excluding hydrogens is 726 g/mol. The van der Waals surface area contributed by atoms with Crippen molar-refractivity contribution in [3.63, 3.8) is 0 Å². The van der Waals surface area contributed by atoms with Crippen LogP contribution in [-0.4, -0.2) is 68.0 Å². The average molecular weight is 815 g/mol. The smallest absolute Gasteiger partial charge is 0.306 e. The predicted molar refractivity (Wildman–Crippen MR) is 223 cm³/mol. The molecule has 0 amide bonds. The lowest BCUT2D eigenvalue weighted by molar-refractivity contribution is -0.893. The van der Waals surface area contributed by atoms with Crippen LogP contribution < -0.4 is 17.0 Å². The van der Waals surface area contributed by atoms with Gasteiger partial charge in [-0.1, -0.05) is 141 Å². The van der Waals surface area contributed by atoms with Crippen molar-refractivity contribution in [3.8, 4) is 0 Å². The van der Waals surface area contributed by atoms with E-state index in [1.165, 1.54) is 116 Å². The van der Waals surface area contributed by atoms with Crippen molar-refractivity contribution >= 4 is 11.9 Å². The van der Waals surface area contributed by atoms with Crippen LogP contribution in [0, 0.1) is 0 Å². The van der Waals surface area contributed by atoms with Gasteiger partial charge in [0, 0.05) is 19.4 Å². The highest BCUT2D eigenvalue weighted by Crippen LogP contribution is 2.14. The van der Waals surface area contributed by atoms with Gasteiger partial charge in [0.2, 0.25) is 0 Å². The number of halogens is 1. The molecule has 0 aliphatic heterocycles. The summed E-state index contributed by atoms with van der Waals surface area (Å²) in [4.78, 5) is 25.4. The zero-order valence-corrected chi connectivity index (χ0v) is 37.1. The molecule has 6 nitrogen and oxygen atoms in total. The molecule has 0 rings (SSSR count). The van der Waals surface area contributed by atoms with Crippen molar-refractivity contribution in [2.45, 2.75) is 219 Å². The quantitative estimate of drug-likeness (QED) is 0.0289. The fourth-order valence-corrected chi connectivity index (χ4v) is 6.78. The SMILES string of the molecule is CCCCCCCC/C=C\CCCCCCCC(=O)OCC(C[N+](C)(C)CCCCCO)OC(=O)CCCCCCC/C=C\CCCCCCCC.[Br-]. The monoisotopic (exact) mass is 814 g/mol. The number of unbranched alkanes of at least 4 members (excludes halogenated alkanes) is 24. The molecule has 0 radical (unpaired) electrons. The third kappa shape index (κ3) is 41.8. The second-order valence-electron chi connectivity index (χ2n) is 16.1. The zero-order chi connectivity index (χ0) is 38.2. The average Bonchev–Trinajstić information content (AvgIpc) is 3.12. The number of likely N-dealkylation sites (N-methyl/N-ethyl adjacent to an activating group) is 1. The molecule has 0 saturated carbocycles. The van der Waals surface area contributed by atoms with Crippen LogP contribution in [0.15, 0.2) is 24.3 Å². The van der Waals surface area contributed by atoms with E-state index in [-0.39, 0.29) is 42.1 Å². The second-order valence-corrected chi connectivity index (χ2v) is 16.1. The number of ether oxygens (including phenoxy) is 2. The van der Waals surface area contributed by atoms with E-state index in [9.17, 15) is 9.59 Å². The van der Waals surface area contributed by atoms with Crippen molar-refractivity contribution in [2.24, 2.45) is 0 Å². The maximum absolute atomic E-state index is 12.8. The van der Waals surface area contributed by atoms with Gasteiger partial charge in [-0.2, -0.15) is 0 Å². The number of esters is 2. The van der Waals surface area contributed by atoms with E-state index in [1.54, 1.807) is 0 Å². The fraction of sp³-hybridized carbons (Fsp3) is 0.870. The molecule has 0 aromatic heterocycles. The summed E-state index contributed by atoms with van der Waals surface area (Å²) in [5.74, 6) is -0.375. The fourth-order valence-electron chi connectivity index (χ4n) is 6.78. The summed E-state index contributed by atoms with van der Waals surface area (Å²) in [6.45, 7) is 6.41. The first-order valence-electron chi connectivity index (χ1n) is 22.4. The van der Waals surface area contributed by atoms with Crippen LogP contribution in [0.25, 0.3) is 0 Å². The van der Waals surface area contributed by atoms with E-state index in [0.29, 0.717) is 23.9 Å². The molecular formula is C46H88BrNO5. The third-order valence-corrected chi connectivity index (χ3v) is 10.1. The Hall–Kier alpha value is -1.18. The van der Waals surface area contributed by atoms with Gasteiger partial charge in [0.15, 0.2) is 6.10 Å². The van der Waals surface area contributed by atoms with E-state index in [2.05, 4.69) is 52.2 Å². The van der Waals surface area contributed by atoms with E-state index in [4.69, 9.17) is 14.6 Å². The summed E-state index contributed by atoms with van der Waals surface area (Å²) in [5.41, 5.74) is 0. The van der Waals surface area contributed by atoms with Crippen LogP contribution in [0.1, 0.15) is 213 Å². The molecule has 0 heterocycles. The maximum atomic E-state index is 12.8. The highest BCUT2D eigenvalue weighted by molar-refractivity contribution is 5.70. The Labute approximate surface area is 340 Å². The topological polar surface area (TPSA) is 72.8 Å². The van der Waals surface area contributed by atoms with Crippen LogP contribution in [0.4, 0.5) is 0 Å². The van der Waals surface area contributed by atoms with Gasteiger partial charge in [-0.25, -0.2) is 0 Å². The lowest BCUT2D eigenvalue weighted by Gasteiger charge is -2.33. The van der Waals surface area contributed by atoms with Crippen molar-refractivity contribution in [3.05, 3.63) is 24.3 Å². The Morgan fingerprint density at radius 1 is 0.528 bits per heavy atom. The Kier molecular flexibility index (Phi) is 42.7. The van der Waals surface area contributed by atoms with Crippen LogP contribution in [0.2, 0.25) is 0 Å². The molecule has 7 heteroatoms. The van der Waals surface area contributed by atoms with E-state index < -0.39 is 6.10 Å². The standard InChI is InChI=1S/C46H88NO5.BrH/c1-5-7-9-11-13-15-17-19-21-23-25-27-29-31-34-38-45(49)51-43-44(42-47(3,4)40-36-33-37-41-48)52-46(50)39-35-32-30-28-26-24-22-20-18-16-14-12-10-8-6-2;/h19-22,44,48H,5-18,23-43H2,1-4H3;1H/q+1;/p-1/b21-19-,22-20-;. The number of quaternary nitrogens is 1. The van der Waals surface area contributed by atoms with Crippen LogP contribution >= 0.6 is 0 Å². The Balaban J connectivity index is 0. The minimum atomic E-state index is -0.443. The van der Waals surface area contributed by atoms with E-state index >= 15 is 0 Å². The lowest BCUT2D eigenvalue weighted by atomic mass is 10.1. The molecule has 1 N–H and O–H groups in total. The van der Waals surface area contributed by atoms with Gasteiger partial charge in [-0.3, -0.25) is 9.59 Å². The van der Waals surface area contributed by atoms with Crippen molar-refractivity contribution in [1.82, 2.24) is 0 Å². The molecule has 0 spiro atoms. The minimum absolute atomic E-state index is 0. The van der Waals surface area contributed by atoms with Gasteiger partial charge in [-0.15, -0.1) is 0 Å². The first-order valence-corrected chi connectivity index (χ1v) is 22.4. The van der Waals surface area contributed by atoms with Gasteiger partial charge in [0.25, 0.3) is 0 Å². The number of aliphatic hydroxyl groups is 1. The summed E-state index contributed by atoms with van der Waals surface area (Å²) < 4.78 is 12.3. The molecule has 0 aliphatic rings. The number of hydrogen-bond donors (Lipinski definition) is 1. The molecule has 0 aromatic carbocycles. The summed E-state index contributed by atoms with van der Waals surface area (Å²) in [7, 11) is 4.27. The molecule has 53 heavy (non-hydrogen) atoms. The first kappa shape index (κ1) is 53.9. The van der Waals surface area contributed by atoms with E-state index in [1.807, 2.05) is 0 Å². The Bertz CT molecular complexity index is 846. The van der Waals surface area contributed by atoms with Gasteiger partial charge < -0.3 is 36.0 Å². The number of carbonyl (C=O) groups excluding carboxylic acids is 2. The number of aliphatic hydroxyl groups excluding tert-OH is 1. The van der Waals surface area contributed by atoms with Crippen LogP contribution in [-0.2, 0) is 19.1 Å². The first-order chi connectivity index (χ1) is 25.3. The number of hydrogen-bond acceptors (Lipinski definition) is 5. The molecule has 314 valence electrons. The van der Waals surface area contributed by atoms with Crippen molar-refractivity contribution < 1.29 is 45.6 Å². The van der Waals surface area contributed by atoms with Crippen LogP contribution in [0.3, 0.4) is 0 Å². The molecule has 0 aliphatic carbocycles. The summed E-state index contributed by atoms with van der Waals surface area (Å²) in [5, 5.41) is 9.13. The number of carbonyl (C=O) groups is 2. The van der Waals surface area contributed by atoms with Gasteiger partial charge in [0.05, 0.1) is 20.6 Å². The van der Waals surface area contributed by atoms with E-state index in [0.717, 1.165) is 77.2 Å². The van der Waals surface area contributed by atoms with Crippen molar-refractivity contribution in [1.29, 1.82) is 0 Å². The van der Waals surface area contributed by atoms with Crippen molar-refractivity contribution in [2.75, 3.05) is 40.4 Å². The molecule has 0 saturated heterocycles. The Morgan fingerprint density at radius 3 is 1.34 bits per heavy atom. The van der Waals surface area contributed by atoms with Gasteiger partial charge in [-0.05, 0) is 83.5 Å². The predicted octanol–water partition coefficient (Wildman–Crippen LogP) is 9.76. The lowest BCUT2D eigenvalue weighted by Crippen LogP contribution is -3.00. The largest absolute Gasteiger partial charge is 1.00 e. The molecule has 0 aromatic rings. The normalized spacial score (nSPS) is 12.4. The highest BCUT2D eigenvalue weighted by Gasteiger charge is 2.26. The van der Waals surface area contributed by atoms with Gasteiger partial charge in [0.1, 0.15) is 13.2 Å². The Morgan fingerprint density at radius 2 is 0.906 bits per heavy atom. The zero-order valence-electron chi connectivity index (χ0n) is 35.5. The molecule has 1 atom stereocenters. The third-order valence-electron chi connectivity index (χ3n) is 10.1. The number of nitrogens with zero attached hydrogens (tertiary/aromatic N) is 1. The summed E-state index contributed by atoms with van der Waals surface area (Å²) >= 11 is 0. The molecule has 0 fully saturated rings. The summed E-state index contributed by atoms with van der Waals surface area (Å²) in [6.07, 6.45) is 44.5. The van der Waals surface area contributed by atoms with Gasteiger partial charge >= 0.3 is 11.9 Å².